The summed E-state index contributed by atoms with van der Waals surface area (Å²) in [6, 6.07) is 2.10. The van der Waals surface area contributed by atoms with Crippen LogP contribution >= 0.6 is 0 Å². The van der Waals surface area contributed by atoms with E-state index in [-0.39, 0.29) is 29.1 Å². The smallest absolute Gasteiger partial charge is 0.157 e. The van der Waals surface area contributed by atoms with Gasteiger partial charge in [0.15, 0.2) is 5.78 Å². The minimum atomic E-state index is -0.541. The molecule has 186 valence electrons. The van der Waals surface area contributed by atoms with Gasteiger partial charge in [-0.1, -0.05) is 13.8 Å². The highest BCUT2D eigenvalue weighted by molar-refractivity contribution is 5.82. The summed E-state index contributed by atoms with van der Waals surface area (Å²) in [5, 5.41) is 24.2. The number of Topliss-reactive ketones (excluding diaryl/α,β-unsaturated/α-hetero) is 1. The number of rotatable bonds is 5. The summed E-state index contributed by atoms with van der Waals surface area (Å²) in [5.74, 6) is 3.18. The van der Waals surface area contributed by atoms with Gasteiger partial charge >= 0.3 is 0 Å². The van der Waals surface area contributed by atoms with Crippen molar-refractivity contribution in [1.82, 2.24) is 9.78 Å². The fourth-order valence-corrected chi connectivity index (χ4v) is 9.29. The first kappa shape index (κ1) is 24.0. The van der Waals surface area contributed by atoms with Crippen LogP contribution in [0.4, 0.5) is 0 Å². The molecule has 0 radical (unpaired) electrons. The lowest BCUT2D eigenvalue weighted by Gasteiger charge is -2.64. The Hall–Kier alpha value is -1.71. The molecule has 4 saturated carbocycles. The van der Waals surface area contributed by atoms with Crippen molar-refractivity contribution in [1.29, 1.82) is 5.26 Å². The number of ether oxygens (including phenoxy) is 1. The molecule has 1 aromatic heterocycles. The zero-order valence-electron chi connectivity index (χ0n) is 21.3. The van der Waals surface area contributed by atoms with Gasteiger partial charge in [-0.15, -0.1) is 0 Å². The second-order valence-corrected chi connectivity index (χ2v) is 12.8. The van der Waals surface area contributed by atoms with Crippen molar-refractivity contribution < 1.29 is 14.6 Å². The number of hydrogen-bond donors (Lipinski definition) is 1. The Morgan fingerprint density at radius 1 is 1.21 bits per heavy atom. The van der Waals surface area contributed by atoms with Gasteiger partial charge in [-0.3, -0.25) is 9.48 Å². The minimum Gasteiger partial charge on any atom is -0.390 e. The molecule has 0 bridgehead atoms. The van der Waals surface area contributed by atoms with Crippen molar-refractivity contribution in [2.24, 2.45) is 46.3 Å². The summed E-state index contributed by atoms with van der Waals surface area (Å²) in [5.41, 5.74) is 0.269. The first-order valence-electron chi connectivity index (χ1n) is 13.3. The molecule has 4 aliphatic rings. The van der Waals surface area contributed by atoms with Gasteiger partial charge in [0.05, 0.1) is 23.9 Å². The van der Waals surface area contributed by atoms with E-state index in [0.29, 0.717) is 35.2 Å². The van der Waals surface area contributed by atoms with E-state index in [1.165, 1.54) is 12.6 Å². The number of hydrogen-bond acceptors (Lipinski definition) is 5. The van der Waals surface area contributed by atoms with Crippen LogP contribution in [0, 0.1) is 57.7 Å². The maximum atomic E-state index is 13.5. The largest absolute Gasteiger partial charge is 0.390 e. The van der Waals surface area contributed by atoms with Gasteiger partial charge in [0, 0.05) is 25.8 Å². The normalized spacial score (nSPS) is 45.6. The summed E-state index contributed by atoms with van der Waals surface area (Å²) in [7, 11) is 1.82. The predicted octanol–water partition coefficient (Wildman–Crippen LogP) is 4.61. The lowest BCUT2D eigenvalue weighted by molar-refractivity contribution is -0.175. The van der Waals surface area contributed by atoms with Crippen LogP contribution in [0.1, 0.15) is 77.7 Å². The molecule has 34 heavy (non-hydrogen) atoms. The van der Waals surface area contributed by atoms with E-state index in [1.807, 2.05) is 14.0 Å². The number of carbonyl (C=O) groups excluding carboxylic acids is 1. The zero-order chi connectivity index (χ0) is 24.3. The van der Waals surface area contributed by atoms with E-state index in [0.717, 1.165) is 51.6 Å². The molecule has 0 unspecified atom stereocenters. The third-order valence-electron chi connectivity index (χ3n) is 11.0. The molecule has 0 spiro atoms. The predicted molar refractivity (Wildman–Crippen MR) is 129 cm³/mol. The average Bonchev–Trinajstić information content (AvgIpc) is 3.38. The van der Waals surface area contributed by atoms with Crippen molar-refractivity contribution in [2.75, 3.05) is 13.7 Å². The number of aliphatic hydroxyl groups is 1. The lowest BCUT2D eigenvalue weighted by Crippen LogP contribution is -2.59. The second kappa shape index (κ2) is 8.45. The summed E-state index contributed by atoms with van der Waals surface area (Å²) in [4.78, 5) is 13.5. The minimum absolute atomic E-state index is 0.0266. The first-order valence-corrected chi connectivity index (χ1v) is 13.3. The third kappa shape index (κ3) is 3.75. The van der Waals surface area contributed by atoms with Crippen LogP contribution in [-0.2, 0) is 16.1 Å². The quantitative estimate of drug-likeness (QED) is 0.683. The Labute approximate surface area is 204 Å². The number of ketones is 1. The molecular weight excluding hydrogens is 426 g/mol. The number of carbonyl (C=O) groups is 1. The molecule has 1 heterocycles. The fraction of sp³-hybridized carbons (Fsp3) is 0.821. The number of aromatic nitrogens is 2. The summed E-state index contributed by atoms with van der Waals surface area (Å²) in [6.07, 6.45) is 11.6. The standard InChI is InChI=1S/C28H41N3O3/c1-26(33)9-10-27(2)20(12-26)11-19(17-34-4)25-22-6-5-21(28(22,3)8-7-23(25)27)24(32)16-31-15-18(13-29)14-30-31/h14-15,19-23,25,33H,5-12,16-17H2,1-4H3/t19-,20+,21-,22+,23+,25+,26-,27+,28-/m1/s1. The molecule has 1 N–H and O–H groups in total. The molecule has 9 atom stereocenters. The molecule has 4 fully saturated rings. The van der Waals surface area contributed by atoms with Crippen molar-refractivity contribution in [2.45, 2.75) is 84.3 Å². The molecule has 4 aliphatic carbocycles. The van der Waals surface area contributed by atoms with E-state index >= 15 is 0 Å². The van der Waals surface area contributed by atoms with E-state index in [2.05, 4.69) is 25.0 Å². The van der Waals surface area contributed by atoms with Crippen molar-refractivity contribution >= 4 is 5.78 Å². The topological polar surface area (TPSA) is 88.1 Å². The molecule has 0 saturated heterocycles. The number of nitriles is 1. The van der Waals surface area contributed by atoms with Crippen molar-refractivity contribution in [3.05, 3.63) is 18.0 Å². The van der Waals surface area contributed by atoms with Gasteiger partial charge in [0.2, 0.25) is 0 Å². The van der Waals surface area contributed by atoms with Gasteiger partial charge < -0.3 is 9.84 Å². The SMILES string of the molecule is COC[C@H]1C[C@H]2C[C@](C)(O)CC[C@]2(C)[C@H]2CC[C@]3(C)[C@@H](C(=O)Cn4cc(C#N)cn4)CC[C@H]3[C@H]12. The van der Waals surface area contributed by atoms with Crippen LogP contribution in [0.15, 0.2) is 12.4 Å². The Morgan fingerprint density at radius 2 is 1.97 bits per heavy atom. The van der Waals surface area contributed by atoms with Crippen LogP contribution < -0.4 is 0 Å². The van der Waals surface area contributed by atoms with E-state index in [4.69, 9.17) is 10.00 Å². The Bertz CT molecular complexity index is 980. The Kier molecular flexibility index (Phi) is 5.97. The molecule has 5 rings (SSSR count). The van der Waals surface area contributed by atoms with Gasteiger partial charge in [-0.25, -0.2) is 0 Å². The maximum Gasteiger partial charge on any atom is 0.157 e. The molecule has 6 nitrogen and oxygen atoms in total. The van der Waals surface area contributed by atoms with Gasteiger partial charge in [0.25, 0.3) is 0 Å². The second-order valence-electron chi connectivity index (χ2n) is 12.8. The molecule has 0 amide bonds. The van der Waals surface area contributed by atoms with Crippen LogP contribution in [0.3, 0.4) is 0 Å². The van der Waals surface area contributed by atoms with E-state index in [1.54, 1.807) is 10.9 Å². The number of nitrogens with zero attached hydrogens (tertiary/aromatic N) is 3. The lowest BCUT2D eigenvalue weighted by atomic mass is 9.42. The summed E-state index contributed by atoms with van der Waals surface area (Å²) in [6.45, 7) is 7.97. The highest BCUT2D eigenvalue weighted by Gasteiger charge is 2.63. The van der Waals surface area contributed by atoms with Gasteiger partial charge in [-0.05, 0) is 98.7 Å². The van der Waals surface area contributed by atoms with Gasteiger partial charge in [-0.2, -0.15) is 10.4 Å². The number of fused-ring (bicyclic) bond motifs is 5. The fourth-order valence-electron chi connectivity index (χ4n) is 9.29. The van der Waals surface area contributed by atoms with Crippen LogP contribution in [0.5, 0.6) is 0 Å². The molecular formula is C28H41N3O3. The highest BCUT2D eigenvalue weighted by atomic mass is 16.5. The molecule has 0 aromatic carbocycles. The van der Waals surface area contributed by atoms with Crippen LogP contribution in [-0.4, -0.2) is 40.0 Å². The monoisotopic (exact) mass is 467 g/mol. The molecule has 6 heteroatoms. The number of methoxy groups -OCH3 is 1. The van der Waals surface area contributed by atoms with E-state index in [9.17, 15) is 9.90 Å². The first-order chi connectivity index (χ1) is 16.1. The van der Waals surface area contributed by atoms with E-state index < -0.39 is 5.60 Å². The van der Waals surface area contributed by atoms with Crippen molar-refractivity contribution in [3.8, 4) is 6.07 Å². The zero-order valence-corrected chi connectivity index (χ0v) is 21.3. The van der Waals surface area contributed by atoms with Crippen molar-refractivity contribution in [3.63, 3.8) is 0 Å². The molecule has 1 aromatic rings. The summed E-state index contributed by atoms with van der Waals surface area (Å²) >= 11 is 0. The Morgan fingerprint density at radius 3 is 2.68 bits per heavy atom. The Balaban J connectivity index is 1.40. The van der Waals surface area contributed by atoms with Crippen LogP contribution in [0.25, 0.3) is 0 Å². The molecule has 0 aliphatic heterocycles. The van der Waals surface area contributed by atoms with Gasteiger partial charge in [0.1, 0.15) is 6.07 Å². The highest BCUT2D eigenvalue weighted by Crippen LogP contribution is 2.69. The third-order valence-corrected chi connectivity index (χ3v) is 11.0. The maximum absolute atomic E-state index is 13.5. The summed E-state index contributed by atoms with van der Waals surface area (Å²) < 4.78 is 7.41. The average molecular weight is 468 g/mol. The van der Waals surface area contributed by atoms with Crippen LogP contribution in [0.2, 0.25) is 0 Å².